The van der Waals surface area contributed by atoms with Crippen molar-refractivity contribution in [3.05, 3.63) is 77.3 Å². The normalized spacial score (nSPS) is 12.0. The summed E-state index contributed by atoms with van der Waals surface area (Å²) >= 11 is 7.52. The summed E-state index contributed by atoms with van der Waals surface area (Å²) in [5, 5.41) is 4.46. The van der Waals surface area contributed by atoms with Gasteiger partial charge in [0, 0.05) is 16.3 Å². The number of nitrogens with zero attached hydrogens (tertiary/aromatic N) is 1. The Hall–Kier alpha value is -2.89. The van der Waals surface area contributed by atoms with Crippen molar-refractivity contribution in [3.8, 4) is 16.3 Å². The van der Waals surface area contributed by atoms with E-state index in [1.807, 2.05) is 24.3 Å². The summed E-state index contributed by atoms with van der Waals surface area (Å²) in [6, 6.07) is 20.9. The van der Waals surface area contributed by atoms with Gasteiger partial charge in [-0.1, -0.05) is 17.7 Å². The average Bonchev–Trinajstić information content (AvgIpc) is 3.13. The van der Waals surface area contributed by atoms with Gasteiger partial charge in [-0.25, -0.2) is 4.98 Å². The summed E-state index contributed by atoms with van der Waals surface area (Å²) in [4.78, 5) is 17.1. The van der Waals surface area contributed by atoms with Gasteiger partial charge < -0.3 is 10.1 Å². The number of hydrogen-bond donors (Lipinski definition) is 1. The fourth-order valence-electron chi connectivity index (χ4n) is 2.87. The van der Waals surface area contributed by atoms with Crippen molar-refractivity contribution in [2.24, 2.45) is 0 Å². The maximum absolute atomic E-state index is 12.4. The standard InChI is InChI=1S/C23H19ClN2O2S/c1-14-3-12-21-20(13-14)26-23(29-21)16-4-8-18(9-5-16)25-22(27)15(2)28-19-10-6-17(24)7-11-19/h3-13,15H,1-2H3,(H,25,27)/t15-/m0/s1. The summed E-state index contributed by atoms with van der Waals surface area (Å²) in [6.07, 6.45) is -0.636. The smallest absolute Gasteiger partial charge is 0.265 e. The first-order chi connectivity index (χ1) is 14.0. The van der Waals surface area contributed by atoms with Gasteiger partial charge in [-0.15, -0.1) is 11.3 Å². The number of aromatic nitrogens is 1. The molecule has 0 aliphatic rings. The van der Waals surface area contributed by atoms with Crippen molar-refractivity contribution in [1.82, 2.24) is 4.98 Å². The molecule has 4 aromatic rings. The van der Waals surface area contributed by atoms with Crippen LogP contribution in [0.15, 0.2) is 66.7 Å². The van der Waals surface area contributed by atoms with Crippen LogP contribution in [-0.2, 0) is 4.79 Å². The second-order valence-corrected chi connectivity index (χ2v) is 8.24. The van der Waals surface area contributed by atoms with E-state index in [4.69, 9.17) is 21.3 Å². The molecule has 0 saturated heterocycles. The Morgan fingerprint density at radius 3 is 2.52 bits per heavy atom. The van der Waals surface area contributed by atoms with Crippen molar-refractivity contribution in [2.75, 3.05) is 5.32 Å². The van der Waals surface area contributed by atoms with E-state index in [-0.39, 0.29) is 5.91 Å². The first-order valence-corrected chi connectivity index (χ1v) is 10.4. The second-order valence-electron chi connectivity index (χ2n) is 6.77. The minimum atomic E-state index is -0.636. The molecule has 1 atom stereocenters. The van der Waals surface area contributed by atoms with Crippen molar-refractivity contribution in [2.45, 2.75) is 20.0 Å². The fourth-order valence-corrected chi connectivity index (χ4v) is 3.95. The van der Waals surface area contributed by atoms with Gasteiger partial charge in [0.15, 0.2) is 6.10 Å². The summed E-state index contributed by atoms with van der Waals surface area (Å²) in [7, 11) is 0. The molecule has 3 aromatic carbocycles. The topological polar surface area (TPSA) is 51.2 Å². The van der Waals surface area contributed by atoms with Gasteiger partial charge in [0.2, 0.25) is 0 Å². The molecule has 1 aromatic heterocycles. The zero-order valence-corrected chi connectivity index (χ0v) is 17.6. The van der Waals surface area contributed by atoms with Crippen LogP contribution in [0.1, 0.15) is 12.5 Å². The summed E-state index contributed by atoms with van der Waals surface area (Å²) in [5.74, 6) is 0.377. The van der Waals surface area contributed by atoms with Crippen LogP contribution in [0, 0.1) is 6.92 Å². The SMILES string of the molecule is Cc1ccc2sc(-c3ccc(NC(=O)[C@H](C)Oc4ccc(Cl)cc4)cc3)nc2c1. The quantitative estimate of drug-likeness (QED) is 0.408. The van der Waals surface area contributed by atoms with Gasteiger partial charge >= 0.3 is 0 Å². The molecule has 4 nitrogen and oxygen atoms in total. The first-order valence-electron chi connectivity index (χ1n) is 9.19. The van der Waals surface area contributed by atoms with Crippen LogP contribution in [0.4, 0.5) is 5.69 Å². The number of amides is 1. The lowest BCUT2D eigenvalue weighted by atomic mass is 10.2. The second kappa shape index (κ2) is 8.23. The van der Waals surface area contributed by atoms with Gasteiger partial charge in [-0.05, 0) is 80.1 Å². The molecule has 0 aliphatic carbocycles. The molecule has 0 radical (unpaired) electrons. The van der Waals surface area contributed by atoms with E-state index in [2.05, 4.69) is 30.4 Å². The Kier molecular flexibility index (Phi) is 5.51. The first kappa shape index (κ1) is 19.4. The molecule has 1 amide bonds. The number of nitrogens with one attached hydrogen (secondary N) is 1. The van der Waals surface area contributed by atoms with E-state index in [1.165, 1.54) is 5.56 Å². The Morgan fingerprint density at radius 1 is 1.07 bits per heavy atom. The highest BCUT2D eigenvalue weighted by Crippen LogP contribution is 2.31. The van der Waals surface area contributed by atoms with Crippen LogP contribution in [-0.4, -0.2) is 17.0 Å². The maximum atomic E-state index is 12.4. The maximum Gasteiger partial charge on any atom is 0.265 e. The zero-order chi connectivity index (χ0) is 20.4. The number of carbonyl (C=O) groups excluding carboxylic acids is 1. The minimum absolute atomic E-state index is 0.219. The molecule has 0 aliphatic heterocycles. The number of fused-ring (bicyclic) bond motifs is 1. The van der Waals surface area contributed by atoms with Crippen molar-refractivity contribution >= 4 is 44.7 Å². The molecule has 0 spiro atoms. The zero-order valence-electron chi connectivity index (χ0n) is 16.0. The van der Waals surface area contributed by atoms with E-state index in [9.17, 15) is 4.79 Å². The number of anilines is 1. The molecule has 6 heteroatoms. The molecular formula is C23H19ClN2O2S. The van der Waals surface area contributed by atoms with Crippen LogP contribution in [0.5, 0.6) is 5.75 Å². The van der Waals surface area contributed by atoms with Crippen molar-refractivity contribution in [1.29, 1.82) is 0 Å². The van der Waals surface area contributed by atoms with Gasteiger partial charge in [0.25, 0.3) is 5.91 Å². The lowest BCUT2D eigenvalue weighted by Gasteiger charge is -2.15. The molecule has 0 fully saturated rings. The van der Waals surface area contributed by atoms with Crippen molar-refractivity contribution < 1.29 is 9.53 Å². The van der Waals surface area contributed by atoms with Crippen LogP contribution < -0.4 is 10.1 Å². The number of thiazole rings is 1. The third-order valence-corrected chi connectivity index (χ3v) is 5.78. The van der Waals surface area contributed by atoms with Crippen molar-refractivity contribution in [3.63, 3.8) is 0 Å². The largest absolute Gasteiger partial charge is 0.481 e. The number of hydrogen-bond acceptors (Lipinski definition) is 4. The summed E-state index contributed by atoms with van der Waals surface area (Å²) < 4.78 is 6.82. The molecule has 0 saturated carbocycles. The van der Waals surface area contributed by atoms with Gasteiger partial charge in [-0.2, -0.15) is 0 Å². The minimum Gasteiger partial charge on any atom is -0.481 e. The van der Waals surface area contributed by atoms with E-state index in [0.29, 0.717) is 16.5 Å². The van der Waals surface area contributed by atoms with Crippen LogP contribution >= 0.6 is 22.9 Å². The van der Waals surface area contributed by atoms with Crippen LogP contribution in [0.25, 0.3) is 20.8 Å². The third kappa shape index (κ3) is 4.58. The van der Waals surface area contributed by atoms with Crippen LogP contribution in [0.3, 0.4) is 0 Å². The van der Waals surface area contributed by atoms with E-state index < -0.39 is 6.10 Å². The number of halogens is 1. The fraction of sp³-hybridized carbons (Fsp3) is 0.130. The monoisotopic (exact) mass is 422 g/mol. The molecular weight excluding hydrogens is 404 g/mol. The molecule has 1 heterocycles. The number of rotatable bonds is 5. The number of aryl methyl sites for hydroxylation is 1. The van der Waals surface area contributed by atoms with Gasteiger partial charge in [0.1, 0.15) is 10.8 Å². The summed E-state index contributed by atoms with van der Waals surface area (Å²) in [5.41, 5.74) is 3.94. The average molecular weight is 423 g/mol. The molecule has 146 valence electrons. The van der Waals surface area contributed by atoms with E-state index >= 15 is 0 Å². The Bertz CT molecular complexity index is 1150. The van der Waals surface area contributed by atoms with E-state index in [1.54, 1.807) is 42.5 Å². The lowest BCUT2D eigenvalue weighted by Crippen LogP contribution is -2.30. The Balaban J connectivity index is 1.43. The summed E-state index contributed by atoms with van der Waals surface area (Å²) in [6.45, 7) is 3.77. The molecule has 0 bridgehead atoms. The highest BCUT2D eigenvalue weighted by Gasteiger charge is 2.15. The number of benzene rings is 3. The number of carbonyl (C=O) groups is 1. The highest BCUT2D eigenvalue weighted by atomic mass is 35.5. The highest BCUT2D eigenvalue weighted by molar-refractivity contribution is 7.21. The predicted octanol–water partition coefficient (Wildman–Crippen LogP) is 6.33. The lowest BCUT2D eigenvalue weighted by molar-refractivity contribution is -0.122. The van der Waals surface area contributed by atoms with E-state index in [0.717, 1.165) is 20.8 Å². The molecule has 1 N–H and O–H groups in total. The molecule has 4 rings (SSSR count). The molecule has 29 heavy (non-hydrogen) atoms. The van der Waals surface area contributed by atoms with Gasteiger partial charge in [-0.3, -0.25) is 4.79 Å². The Labute approximate surface area is 178 Å². The molecule has 0 unspecified atom stereocenters. The predicted molar refractivity (Wildman–Crippen MR) is 120 cm³/mol. The Morgan fingerprint density at radius 2 is 1.79 bits per heavy atom. The third-order valence-electron chi connectivity index (χ3n) is 4.44. The number of ether oxygens (including phenoxy) is 1. The van der Waals surface area contributed by atoms with Crippen LogP contribution in [0.2, 0.25) is 5.02 Å². The van der Waals surface area contributed by atoms with Gasteiger partial charge in [0.05, 0.1) is 10.2 Å².